The fraction of sp³-hybridized carbons (Fsp3) is 0.0625. The van der Waals surface area contributed by atoms with Crippen LogP contribution in [0.4, 0.5) is 0 Å². The fourth-order valence-corrected chi connectivity index (χ4v) is 2.15. The third kappa shape index (κ3) is 2.18. The fourth-order valence-electron chi connectivity index (χ4n) is 2.15. The second-order valence-corrected chi connectivity index (χ2v) is 4.41. The molecule has 0 saturated carbocycles. The van der Waals surface area contributed by atoms with Crippen LogP contribution < -0.4 is 5.56 Å². The number of aromatic nitrogens is 1. The Hall–Kier alpha value is -2.35. The molecule has 0 fully saturated rings. The Labute approximate surface area is 105 Å². The first-order valence-electron chi connectivity index (χ1n) is 5.97. The zero-order valence-electron chi connectivity index (χ0n) is 9.89. The SMILES string of the molecule is O=c1ccc2cc(Cc3ccccc3)ccc2[nH]1. The summed E-state index contributed by atoms with van der Waals surface area (Å²) in [6, 6.07) is 19.9. The highest BCUT2D eigenvalue weighted by Crippen LogP contribution is 2.15. The van der Waals surface area contributed by atoms with Crippen LogP contribution in [-0.2, 0) is 6.42 Å². The van der Waals surface area contributed by atoms with Crippen LogP contribution in [-0.4, -0.2) is 4.98 Å². The van der Waals surface area contributed by atoms with Gasteiger partial charge in [0.2, 0.25) is 5.56 Å². The minimum Gasteiger partial charge on any atom is -0.322 e. The molecule has 1 heterocycles. The van der Waals surface area contributed by atoms with Crippen LogP contribution in [0.5, 0.6) is 0 Å². The van der Waals surface area contributed by atoms with E-state index in [-0.39, 0.29) is 5.56 Å². The van der Waals surface area contributed by atoms with E-state index in [1.54, 1.807) is 6.07 Å². The van der Waals surface area contributed by atoms with Crippen LogP contribution in [0.15, 0.2) is 65.5 Å². The summed E-state index contributed by atoms with van der Waals surface area (Å²) in [6.07, 6.45) is 0.913. The summed E-state index contributed by atoms with van der Waals surface area (Å²) in [7, 11) is 0. The van der Waals surface area contributed by atoms with Crippen molar-refractivity contribution in [3.8, 4) is 0 Å². The summed E-state index contributed by atoms with van der Waals surface area (Å²) in [5.74, 6) is 0. The van der Waals surface area contributed by atoms with Gasteiger partial charge in [-0.15, -0.1) is 0 Å². The van der Waals surface area contributed by atoms with Gasteiger partial charge in [-0.3, -0.25) is 4.79 Å². The molecule has 0 saturated heterocycles. The Bertz CT molecular complexity index is 729. The van der Waals surface area contributed by atoms with E-state index in [1.807, 2.05) is 30.3 Å². The van der Waals surface area contributed by atoms with Crippen molar-refractivity contribution in [2.45, 2.75) is 6.42 Å². The van der Waals surface area contributed by atoms with Crippen LogP contribution >= 0.6 is 0 Å². The van der Waals surface area contributed by atoms with Crippen molar-refractivity contribution in [3.05, 3.63) is 82.1 Å². The van der Waals surface area contributed by atoms with Gasteiger partial charge in [-0.2, -0.15) is 0 Å². The quantitative estimate of drug-likeness (QED) is 0.727. The standard InChI is InChI=1S/C16H13NO/c18-16-9-7-14-11-13(6-8-15(14)17-16)10-12-4-2-1-3-5-12/h1-9,11H,10H2,(H,17,18). The molecule has 0 bridgehead atoms. The Kier molecular flexibility index (Phi) is 2.69. The molecular formula is C16H13NO. The molecule has 2 aromatic carbocycles. The molecule has 88 valence electrons. The van der Waals surface area contributed by atoms with Crippen molar-refractivity contribution in [1.82, 2.24) is 4.98 Å². The molecular weight excluding hydrogens is 222 g/mol. The molecule has 0 aliphatic heterocycles. The van der Waals surface area contributed by atoms with Crippen molar-refractivity contribution in [2.75, 3.05) is 0 Å². The number of hydrogen-bond donors (Lipinski definition) is 1. The average Bonchev–Trinajstić information content (AvgIpc) is 2.40. The van der Waals surface area contributed by atoms with Gasteiger partial charge in [0.25, 0.3) is 0 Å². The smallest absolute Gasteiger partial charge is 0.248 e. The summed E-state index contributed by atoms with van der Waals surface area (Å²) in [5, 5.41) is 1.07. The molecule has 0 aliphatic carbocycles. The zero-order valence-corrected chi connectivity index (χ0v) is 9.89. The van der Waals surface area contributed by atoms with E-state index < -0.39 is 0 Å². The first-order valence-corrected chi connectivity index (χ1v) is 5.97. The zero-order chi connectivity index (χ0) is 12.4. The van der Waals surface area contributed by atoms with E-state index in [9.17, 15) is 4.79 Å². The number of hydrogen-bond acceptors (Lipinski definition) is 1. The molecule has 0 spiro atoms. The third-order valence-corrected chi connectivity index (χ3v) is 3.04. The summed E-state index contributed by atoms with van der Waals surface area (Å²) < 4.78 is 0. The lowest BCUT2D eigenvalue weighted by atomic mass is 10.0. The molecule has 0 unspecified atom stereocenters. The Morgan fingerprint density at radius 1 is 0.833 bits per heavy atom. The van der Waals surface area contributed by atoms with E-state index in [2.05, 4.69) is 29.2 Å². The number of rotatable bonds is 2. The lowest BCUT2D eigenvalue weighted by Crippen LogP contribution is -2.02. The number of benzene rings is 2. The number of aromatic amines is 1. The van der Waals surface area contributed by atoms with Gasteiger partial charge in [0, 0.05) is 11.6 Å². The topological polar surface area (TPSA) is 32.9 Å². The van der Waals surface area contributed by atoms with Gasteiger partial charge in [0.1, 0.15) is 0 Å². The van der Waals surface area contributed by atoms with Crippen molar-refractivity contribution in [1.29, 1.82) is 0 Å². The van der Waals surface area contributed by atoms with Crippen LogP contribution in [0.1, 0.15) is 11.1 Å². The van der Waals surface area contributed by atoms with Gasteiger partial charge in [-0.25, -0.2) is 0 Å². The largest absolute Gasteiger partial charge is 0.322 e. The third-order valence-electron chi connectivity index (χ3n) is 3.04. The summed E-state index contributed by atoms with van der Waals surface area (Å²) in [4.78, 5) is 14.0. The molecule has 1 N–H and O–H groups in total. The predicted octanol–water partition coefficient (Wildman–Crippen LogP) is 3.12. The van der Waals surface area contributed by atoms with Crippen LogP contribution in [0.2, 0.25) is 0 Å². The van der Waals surface area contributed by atoms with Crippen LogP contribution in [0, 0.1) is 0 Å². The van der Waals surface area contributed by atoms with E-state index in [1.165, 1.54) is 11.1 Å². The second kappa shape index (κ2) is 4.49. The molecule has 2 heteroatoms. The maximum absolute atomic E-state index is 11.2. The Balaban J connectivity index is 1.99. The molecule has 3 rings (SSSR count). The van der Waals surface area contributed by atoms with Crippen LogP contribution in [0.3, 0.4) is 0 Å². The minimum atomic E-state index is -0.0571. The number of nitrogens with one attached hydrogen (secondary N) is 1. The van der Waals surface area contributed by atoms with Gasteiger partial charge in [0.05, 0.1) is 0 Å². The van der Waals surface area contributed by atoms with Gasteiger partial charge in [-0.1, -0.05) is 36.4 Å². The second-order valence-electron chi connectivity index (χ2n) is 4.41. The molecule has 0 radical (unpaired) electrons. The molecule has 0 amide bonds. The highest BCUT2D eigenvalue weighted by atomic mass is 16.1. The minimum absolute atomic E-state index is 0.0571. The van der Waals surface area contributed by atoms with Gasteiger partial charge in [-0.05, 0) is 41.1 Å². The van der Waals surface area contributed by atoms with Gasteiger partial charge < -0.3 is 4.98 Å². The first kappa shape index (κ1) is 10.8. The van der Waals surface area contributed by atoms with Crippen molar-refractivity contribution in [3.63, 3.8) is 0 Å². The predicted molar refractivity (Wildman–Crippen MR) is 73.8 cm³/mol. The van der Waals surface area contributed by atoms with Crippen molar-refractivity contribution < 1.29 is 0 Å². The van der Waals surface area contributed by atoms with E-state index in [0.717, 1.165) is 17.3 Å². The monoisotopic (exact) mass is 235 g/mol. The molecule has 3 aromatic rings. The van der Waals surface area contributed by atoms with Crippen molar-refractivity contribution in [2.24, 2.45) is 0 Å². The summed E-state index contributed by atoms with van der Waals surface area (Å²) in [5.41, 5.74) is 3.37. The number of fused-ring (bicyclic) bond motifs is 1. The number of H-pyrrole nitrogens is 1. The molecule has 18 heavy (non-hydrogen) atoms. The van der Waals surface area contributed by atoms with E-state index in [0.29, 0.717) is 0 Å². The van der Waals surface area contributed by atoms with E-state index in [4.69, 9.17) is 0 Å². The van der Waals surface area contributed by atoms with E-state index >= 15 is 0 Å². The Morgan fingerprint density at radius 2 is 1.67 bits per heavy atom. The number of pyridine rings is 1. The highest BCUT2D eigenvalue weighted by molar-refractivity contribution is 5.78. The molecule has 1 aromatic heterocycles. The normalized spacial score (nSPS) is 10.7. The lowest BCUT2D eigenvalue weighted by Gasteiger charge is -2.04. The highest BCUT2D eigenvalue weighted by Gasteiger charge is 1.99. The molecule has 0 atom stereocenters. The maximum Gasteiger partial charge on any atom is 0.248 e. The Morgan fingerprint density at radius 3 is 2.50 bits per heavy atom. The average molecular weight is 235 g/mol. The molecule has 0 aliphatic rings. The van der Waals surface area contributed by atoms with Crippen molar-refractivity contribution >= 4 is 10.9 Å². The molecule has 2 nitrogen and oxygen atoms in total. The van der Waals surface area contributed by atoms with Crippen LogP contribution in [0.25, 0.3) is 10.9 Å². The summed E-state index contributed by atoms with van der Waals surface area (Å²) in [6.45, 7) is 0. The summed E-state index contributed by atoms with van der Waals surface area (Å²) >= 11 is 0. The maximum atomic E-state index is 11.2. The first-order chi connectivity index (χ1) is 8.81. The van der Waals surface area contributed by atoms with Gasteiger partial charge in [0.15, 0.2) is 0 Å². The lowest BCUT2D eigenvalue weighted by molar-refractivity contribution is 1.19. The van der Waals surface area contributed by atoms with Gasteiger partial charge >= 0.3 is 0 Å².